The molecule has 0 unspecified atom stereocenters. The van der Waals surface area contributed by atoms with Gasteiger partial charge < -0.3 is 4.90 Å². The molecule has 0 aliphatic carbocycles. The van der Waals surface area contributed by atoms with E-state index in [0.717, 1.165) is 6.54 Å². The van der Waals surface area contributed by atoms with Crippen molar-refractivity contribution in [1.29, 1.82) is 0 Å². The number of rotatable bonds is 5. The number of carbonyl (C=O) groups excluding carboxylic acids is 1. The second-order valence-corrected chi connectivity index (χ2v) is 6.13. The van der Waals surface area contributed by atoms with E-state index in [1.54, 1.807) is 6.92 Å². The van der Waals surface area contributed by atoms with Crippen LogP contribution in [0.4, 0.5) is 0 Å². The van der Waals surface area contributed by atoms with Crippen LogP contribution in [-0.4, -0.2) is 46.4 Å². The maximum absolute atomic E-state index is 11.0. The highest BCUT2D eigenvalue weighted by atomic mass is 16.2. The zero-order valence-corrected chi connectivity index (χ0v) is 14.8. The fraction of sp³-hybridized carbons (Fsp3) is 0.938. The minimum atomic E-state index is 0.157. The maximum Gasteiger partial charge on any atom is 0.219 e. The third kappa shape index (κ3) is 9.04. The lowest BCUT2D eigenvalue weighted by Gasteiger charge is -2.29. The lowest BCUT2D eigenvalue weighted by atomic mass is 10.2. The molecule has 0 atom stereocenters. The van der Waals surface area contributed by atoms with Crippen LogP contribution in [0, 0.1) is 0 Å². The van der Waals surface area contributed by atoms with Gasteiger partial charge in [0.05, 0.1) is 0 Å². The SMILES string of the molecule is CC(=O)N(C(C)C)C(C)C.CCN(C(C)C)C(C)C. The first kappa shape index (κ1) is 20.7. The second-order valence-electron chi connectivity index (χ2n) is 6.13. The van der Waals surface area contributed by atoms with Crippen molar-refractivity contribution in [2.24, 2.45) is 0 Å². The predicted molar refractivity (Wildman–Crippen MR) is 85.4 cm³/mol. The molecule has 0 saturated carbocycles. The van der Waals surface area contributed by atoms with Gasteiger partial charge >= 0.3 is 0 Å². The molecule has 0 saturated heterocycles. The molecule has 3 heteroatoms. The standard InChI is InChI=1S/C8H17NO.C8H19N/c1-6(2)9(7(3)4)8(5)10;1-6-9(7(2)3)8(4)5/h6-7H,1-5H3;7-8H,6H2,1-5H3. The van der Waals surface area contributed by atoms with Gasteiger partial charge in [-0.2, -0.15) is 0 Å². The Bertz CT molecular complexity index is 219. The number of hydrogen-bond donors (Lipinski definition) is 0. The molecule has 0 N–H and O–H groups in total. The zero-order valence-electron chi connectivity index (χ0n) is 14.8. The molecule has 19 heavy (non-hydrogen) atoms. The van der Waals surface area contributed by atoms with E-state index in [1.165, 1.54) is 0 Å². The van der Waals surface area contributed by atoms with Crippen LogP contribution in [0.2, 0.25) is 0 Å². The summed E-state index contributed by atoms with van der Waals surface area (Å²) in [6.07, 6.45) is 0. The lowest BCUT2D eigenvalue weighted by molar-refractivity contribution is -0.132. The summed E-state index contributed by atoms with van der Waals surface area (Å²) in [5, 5.41) is 0. The van der Waals surface area contributed by atoms with E-state index in [9.17, 15) is 4.79 Å². The van der Waals surface area contributed by atoms with Gasteiger partial charge in [-0.15, -0.1) is 0 Å². The van der Waals surface area contributed by atoms with Crippen LogP contribution in [0.5, 0.6) is 0 Å². The Hall–Kier alpha value is -0.570. The van der Waals surface area contributed by atoms with Crippen molar-refractivity contribution in [2.75, 3.05) is 6.54 Å². The molecule has 0 heterocycles. The molecule has 116 valence electrons. The normalized spacial score (nSPS) is 11.3. The Morgan fingerprint density at radius 2 is 1.11 bits per heavy atom. The molecule has 0 aromatic rings. The summed E-state index contributed by atoms with van der Waals surface area (Å²) in [7, 11) is 0. The highest BCUT2D eigenvalue weighted by molar-refractivity contribution is 5.73. The first-order chi connectivity index (χ1) is 8.56. The topological polar surface area (TPSA) is 23.6 Å². The largest absolute Gasteiger partial charge is 0.338 e. The summed E-state index contributed by atoms with van der Waals surface area (Å²) >= 11 is 0. The van der Waals surface area contributed by atoms with Gasteiger partial charge in [-0.25, -0.2) is 0 Å². The highest BCUT2D eigenvalue weighted by Crippen LogP contribution is 2.04. The molecule has 1 amide bonds. The minimum Gasteiger partial charge on any atom is -0.338 e. The van der Waals surface area contributed by atoms with Crippen molar-refractivity contribution in [3.05, 3.63) is 0 Å². The molecule has 0 fully saturated rings. The van der Waals surface area contributed by atoms with E-state index in [1.807, 2.05) is 32.6 Å². The Balaban J connectivity index is 0. The van der Waals surface area contributed by atoms with Crippen LogP contribution in [0.15, 0.2) is 0 Å². The van der Waals surface area contributed by atoms with E-state index < -0.39 is 0 Å². The van der Waals surface area contributed by atoms with E-state index in [2.05, 4.69) is 39.5 Å². The quantitative estimate of drug-likeness (QED) is 0.760. The molecule has 0 aliphatic rings. The first-order valence-electron chi connectivity index (χ1n) is 7.60. The van der Waals surface area contributed by atoms with E-state index in [4.69, 9.17) is 0 Å². The molecule has 0 rings (SSSR count). The Morgan fingerprint density at radius 1 is 0.789 bits per heavy atom. The first-order valence-corrected chi connectivity index (χ1v) is 7.60. The number of nitrogens with zero attached hydrogens (tertiary/aromatic N) is 2. The minimum absolute atomic E-state index is 0.157. The predicted octanol–water partition coefficient (Wildman–Crippen LogP) is 3.78. The van der Waals surface area contributed by atoms with E-state index in [-0.39, 0.29) is 5.91 Å². The molecule has 3 nitrogen and oxygen atoms in total. The third-order valence-corrected chi connectivity index (χ3v) is 3.17. The van der Waals surface area contributed by atoms with Crippen molar-refractivity contribution in [1.82, 2.24) is 9.80 Å². The van der Waals surface area contributed by atoms with Crippen molar-refractivity contribution < 1.29 is 4.79 Å². The number of carbonyl (C=O) groups is 1. The smallest absolute Gasteiger partial charge is 0.219 e. The van der Waals surface area contributed by atoms with Crippen molar-refractivity contribution in [3.63, 3.8) is 0 Å². The fourth-order valence-electron chi connectivity index (χ4n) is 2.65. The molecule has 0 radical (unpaired) electrons. The van der Waals surface area contributed by atoms with Gasteiger partial charge in [-0.3, -0.25) is 9.69 Å². The van der Waals surface area contributed by atoms with E-state index in [0.29, 0.717) is 24.2 Å². The fourth-order valence-corrected chi connectivity index (χ4v) is 2.65. The van der Waals surface area contributed by atoms with Gasteiger partial charge in [0.25, 0.3) is 0 Å². The summed E-state index contributed by atoms with van der Waals surface area (Å²) in [6.45, 7) is 22.1. The van der Waals surface area contributed by atoms with Crippen molar-refractivity contribution >= 4 is 5.91 Å². The zero-order chi connectivity index (χ0) is 15.7. The maximum atomic E-state index is 11.0. The van der Waals surface area contributed by atoms with Crippen LogP contribution in [0.25, 0.3) is 0 Å². The molecular formula is C16H36N2O. The van der Waals surface area contributed by atoms with Crippen LogP contribution < -0.4 is 0 Å². The molecular weight excluding hydrogens is 236 g/mol. The monoisotopic (exact) mass is 272 g/mol. The highest BCUT2D eigenvalue weighted by Gasteiger charge is 2.14. The Morgan fingerprint density at radius 3 is 1.11 bits per heavy atom. The summed E-state index contributed by atoms with van der Waals surface area (Å²) in [4.78, 5) is 15.3. The molecule has 0 aliphatic heterocycles. The molecule has 0 aromatic carbocycles. The van der Waals surface area contributed by atoms with Gasteiger partial charge in [-0.1, -0.05) is 6.92 Å². The molecule has 0 spiro atoms. The van der Waals surface area contributed by atoms with Gasteiger partial charge in [-0.05, 0) is 61.9 Å². The average Bonchev–Trinajstić information content (AvgIpc) is 2.15. The van der Waals surface area contributed by atoms with Crippen molar-refractivity contribution in [3.8, 4) is 0 Å². The van der Waals surface area contributed by atoms with Crippen LogP contribution in [-0.2, 0) is 4.79 Å². The van der Waals surface area contributed by atoms with Gasteiger partial charge in [0.2, 0.25) is 5.91 Å². The summed E-state index contributed by atoms with van der Waals surface area (Å²) in [5.41, 5.74) is 0. The number of amides is 1. The average molecular weight is 272 g/mol. The van der Waals surface area contributed by atoms with Gasteiger partial charge in [0, 0.05) is 31.1 Å². The van der Waals surface area contributed by atoms with Crippen LogP contribution in [0.3, 0.4) is 0 Å². The number of hydrogen-bond acceptors (Lipinski definition) is 2. The summed E-state index contributed by atoms with van der Waals surface area (Å²) in [5.74, 6) is 0.157. The Kier molecular flexibility index (Phi) is 11.2. The van der Waals surface area contributed by atoms with Crippen LogP contribution >= 0.6 is 0 Å². The van der Waals surface area contributed by atoms with Gasteiger partial charge in [0.1, 0.15) is 0 Å². The third-order valence-electron chi connectivity index (χ3n) is 3.17. The van der Waals surface area contributed by atoms with Gasteiger partial charge in [0.15, 0.2) is 0 Å². The van der Waals surface area contributed by atoms with Crippen LogP contribution in [0.1, 0.15) is 69.2 Å². The van der Waals surface area contributed by atoms with Crippen molar-refractivity contribution in [2.45, 2.75) is 93.4 Å². The summed E-state index contributed by atoms with van der Waals surface area (Å²) in [6, 6.07) is 2.01. The Labute approximate surface area is 121 Å². The summed E-state index contributed by atoms with van der Waals surface area (Å²) < 4.78 is 0. The van der Waals surface area contributed by atoms with E-state index >= 15 is 0 Å². The molecule has 0 bridgehead atoms. The lowest BCUT2D eigenvalue weighted by Crippen LogP contribution is -2.40. The second kappa shape index (κ2) is 10.2. The molecule has 0 aromatic heterocycles.